The molecule has 2 amide bonds. The minimum atomic E-state index is -0.214. The molecule has 4 nitrogen and oxygen atoms in total. The Bertz CT molecular complexity index is 641. The summed E-state index contributed by atoms with van der Waals surface area (Å²) in [6.45, 7) is 2.41. The molecule has 23 heavy (non-hydrogen) atoms. The second kappa shape index (κ2) is 8.13. The standard InChI is InChI=1S/C19H22N2O2/c1-15(20-19(23)17-11-7-4-8-12-17)13-18(22)21(2)14-16-9-5-3-6-10-16/h3-12,15H,13-14H2,1-2H3,(H,20,23). The van der Waals surface area contributed by atoms with E-state index in [2.05, 4.69) is 5.32 Å². The summed E-state index contributed by atoms with van der Waals surface area (Å²) >= 11 is 0. The molecule has 0 heterocycles. The third kappa shape index (κ3) is 5.25. The third-order valence-corrected chi connectivity index (χ3v) is 3.58. The highest BCUT2D eigenvalue weighted by molar-refractivity contribution is 5.94. The Labute approximate surface area is 137 Å². The summed E-state index contributed by atoms with van der Waals surface area (Å²) in [5.41, 5.74) is 1.69. The van der Waals surface area contributed by atoms with Gasteiger partial charge in [-0.3, -0.25) is 9.59 Å². The van der Waals surface area contributed by atoms with Crippen molar-refractivity contribution in [3.8, 4) is 0 Å². The van der Waals surface area contributed by atoms with E-state index in [9.17, 15) is 9.59 Å². The van der Waals surface area contributed by atoms with Crippen molar-refractivity contribution in [1.82, 2.24) is 10.2 Å². The number of benzene rings is 2. The third-order valence-electron chi connectivity index (χ3n) is 3.58. The molecule has 0 aliphatic rings. The van der Waals surface area contributed by atoms with Gasteiger partial charge in [0, 0.05) is 31.6 Å². The summed E-state index contributed by atoms with van der Waals surface area (Å²) in [6.07, 6.45) is 0.280. The molecule has 0 bridgehead atoms. The molecule has 0 spiro atoms. The number of amides is 2. The van der Waals surface area contributed by atoms with E-state index in [-0.39, 0.29) is 24.3 Å². The molecule has 2 aromatic rings. The van der Waals surface area contributed by atoms with Crippen LogP contribution >= 0.6 is 0 Å². The van der Waals surface area contributed by atoms with Crippen molar-refractivity contribution < 1.29 is 9.59 Å². The molecule has 4 heteroatoms. The zero-order valence-corrected chi connectivity index (χ0v) is 13.5. The van der Waals surface area contributed by atoms with Gasteiger partial charge in [0.2, 0.25) is 5.91 Å². The summed E-state index contributed by atoms with van der Waals surface area (Å²) in [5, 5.41) is 2.86. The molecule has 1 N–H and O–H groups in total. The molecular formula is C19H22N2O2. The van der Waals surface area contributed by atoms with Crippen LogP contribution in [-0.2, 0) is 11.3 Å². The minimum Gasteiger partial charge on any atom is -0.349 e. The van der Waals surface area contributed by atoms with Crippen molar-refractivity contribution in [1.29, 1.82) is 0 Å². The van der Waals surface area contributed by atoms with Crippen LogP contribution in [0.4, 0.5) is 0 Å². The van der Waals surface area contributed by atoms with E-state index >= 15 is 0 Å². The quantitative estimate of drug-likeness (QED) is 0.892. The van der Waals surface area contributed by atoms with Gasteiger partial charge in [-0.25, -0.2) is 0 Å². The summed E-state index contributed by atoms with van der Waals surface area (Å²) in [4.78, 5) is 26.0. The summed E-state index contributed by atoms with van der Waals surface area (Å²) < 4.78 is 0. The van der Waals surface area contributed by atoms with Gasteiger partial charge < -0.3 is 10.2 Å². The number of hydrogen-bond acceptors (Lipinski definition) is 2. The number of carbonyl (C=O) groups excluding carboxylic acids is 2. The number of nitrogens with one attached hydrogen (secondary N) is 1. The van der Waals surface area contributed by atoms with Crippen LogP contribution in [-0.4, -0.2) is 29.8 Å². The predicted molar refractivity (Wildman–Crippen MR) is 90.9 cm³/mol. The Balaban J connectivity index is 1.83. The van der Waals surface area contributed by atoms with Crippen LogP contribution in [0.1, 0.15) is 29.3 Å². The Morgan fingerprint density at radius 1 is 1.00 bits per heavy atom. The van der Waals surface area contributed by atoms with E-state index < -0.39 is 0 Å². The van der Waals surface area contributed by atoms with Gasteiger partial charge >= 0.3 is 0 Å². The Morgan fingerprint density at radius 3 is 2.17 bits per heavy atom. The summed E-state index contributed by atoms with van der Waals surface area (Å²) in [5.74, 6) is -0.147. The normalized spacial score (nSPS) is 11.6. The average Bonchev–Trinajstić information content (AvgIpc) is 2.56. The number of rotatable bonds is 6. The Morgan fingerprint density at radius 2 is 1.57 bits per heavy atom. The van der Waals surface area contributed by atoms with E-state index in [0.29, 0.717) is 12.1 Å². The highest BCUT2D eigenvalue weighted by atomic mass is 16.2. The van der Waals surface area contributed by atoms with Gasteiger partial charge in [-0.2, -0.15) is 0 Å². The molecule has 1 atom stereocenters. The fraction of sp³-hybridized carbons (Fsp3) is 0.263. The van der Waals surface area contributed by atoms with Gasteiger partial charge in [-0.1, -0.05) is 48.5 Å². The van der Waals surface area contributed by atoms with Crippen molar-refractivity contribution in [3.63, 3.8) is 0 Å². The second-order valence-corrected chi connectivity index (χ2v) is 5.68. The first-order valence-corrected chi connectivity index (χ1v) is 7.70. The van der Waals surface area contributed by atoms with Crippen molar-refractivity contribution in [3.05, 3.63) is 71.8 Å². The monoisotopic (exact) mass is 310 g/mol. The first-order valence-electron chi connectivity index (χ1n) is 7.70. The zero-order valence-electron chi connectivity index (χ0n) is 13.5. The molecular weight excluding hydrogens is 288 g/mol. The summed E-state index contributed by atoms with van der Waals surface area (Å²) in [7, 11) is 1.78. The van der Waals surface area contributed by atoms with E-state index in [1.807, 2.05) is 55.5 Å². The molecule has 0 fully saturated rings. The average molecular weight is 310 g/mol. The Kier molecular flexibility index (Phi) is 5.92. The topological polar surface area (TPSA) is 49.4 Å². The molecule has 1 unspecified atom stereocenters. The molecule has 0 aliphatic heterocycles. The molecule has 0 saturated heterocycles. The van der Waals surface area contributed by atoms with Crippen LogP contribution in [0.2, 0.25) is 0 Å². The highest BCUT2D eigenvalue weighted by Crippen LogP contribution is 2.06. The van der Waals surface area contributed by atoms with Gasteiger partial charge in [0.1, 0.15) is 0 Å². The predicted octanol–water partition coefficient (Wildman–Crippen LogP) is 2.85. The fourth-order valence-electron chi connectivity index (χ4n) is 2.31. The van der Waals surface area contributed by atoms with E-state index in [1.54, 1.807) is 24.1 Å². The largest absolute Gasteiger partial charge is 0.349 e. The maximum Gasteiger partial charge on any atom is 0.251 e. The molecule has 2 rings (SSSR count). The van der Waals surface area contributed by atoms with Crippen molar-refractivity contribution in [2.24, 2.45) is 0 Å². The van der Waals surface area contributed by atoms with Crippen LogP contribution in [0.5, 0.6) is 0 Å². The Hall–Kier alpha value is -2.62. The van der Waals surface area contributed by atoms with Gasteiger partial charge in [0.05, 0.1) is 0 Å². The van der Waals surface area contributed by atoms with Crippen molar-refractivity contribution in [2.45, 2.75) is 25.9 Å². The highest BCUT2D eigenvalue weighted by Gasteiger charge is 2.16. The SMILES string of the molecule is CC(CC(=O)N(C)Cc1ccccc1)NC(=O)c1ccccc1. The van der Waals surface area contributed by atoms with Crippen LogP contribution in [0.25, 0.3) is 0 Å². The fourth-order valence-corrected chi connectivity index (χ4v) is 2.31. The van der Waals surface area contributed by atoms with E-state index in [0.717, 1.165) is 5.56 Å². The van der Waals surface area contributed by atoms with Crippen LogP contribution in [0.3, 0.4) is 0 Å². The first kappa shape index (κ1) is 16.7. The lowest BCUT2D eigenvalue weighted by Gasteiger charge is -2.20. The first-order chi connectivity index (χ1) is 11.1. The van der Waals surface area contributed by atoms with Crippen molar-refractivity contribution in [2.75, 3.05) is 7.05 Å². The number of hydrogen-bond donors (Lipinski definition) is 1. The van der Waals surface area contributed by atoms with Gasteiger partial charge in [-0.15, -0.1) is 0 Å². The maximum atomic E-state index is 12.3. The minimum absolute atomic E-state index is 0.00900. The zero-order chi connectivity index (χ0) is 16.7. The lowest BCUT2D eigenvalue weighted by atomic mass is 10.1. The number of carbonyl (C=O) groups is 2. The smallest absolute Gasteiger partial charge is 0.251 e. The maximum absolute atomic E-state index is 12.3. The summed E-state index contributed by atoms with van der Waals surface area (Å²) in [6, 6.07) is 18.6. The van der Waals surface area contributed by atoms with Gasteiger partial charge in [0.15, 0.2) is 0 Å². The second-order valence-electron chi connectivity index (χ2n) is 5.68. The lowest BCUT2D eigenvalue weighted by Crippen LogP contribution is -2.37. The molecule has 0 radical (unpaired) electrons. The van der Waals surface area contributed by atoms with E-state index in [4.69, 9.17) is 0 Å². The van der Waals surface area contributed by atoms with Crippen LogP contribution in [0.15, 0.2) is 60.7 Å². The van der Waals surface area contributed by atoms with Crippen molar-refractivity contribution >= 4 is 11.8 Å². The van der Waals surface area contributed by atoms with Gasteiger partial charge in [-0.05, 0) is 24.6 Å². The van der Waals surface area contributed by atoms with Gasteiger partial charge in [0.25, 0.3) is 5.91 Å². The lowest BCUT2D eigenvalue weighted by molar-refractivity contribution is -0.130. The van der Waals surface area contributed by atoms with Crippen LogP contribution in [0, 0.1) is 0 Å². The molecule has 0 aromatic heterocycles. The molecule has 2 aromatic carbocycles. The molecule has 120 valence electrons. The molecule has 0 aliphatic carbocycles. The number of nitrogens with zero attached hydrogens (tertiary/aromatic N) is 1. The van der Waals surface area contributed by atoms with Crippen LogP contribution < -0.4 is 5.32 Å². The van der Waals surface area contributed by atoms with E-state index in [1.165, 1.54) is 0 Å². The molecule has 0 saturated carbocycles.